The van der Waals surface area contributed by atoms with Crippen LogP contribution in [0.2, 0.25) is 0 Å². The number of guanidine groups is 1. The van der Waals surface area contributed by atoms with Crippen molar-refractivity contribution in [3.8, 4) is 0 Å². The molecule has 5 heteroatoms. The van der Waals surface area contributed by atoms with Gasteiger partial charge in [-0.2, -0.15) is 0 Å². The van der Waals surface area contributed by atoms with Crippen molar-refractivity contribution in [1.82, 2.24) is 20.2 Å². The van der Waals surface area contributed by atoms with E-state index < -0.39 is 0 Å². The summed E-state index contributed by atoms with van der Waals surface area (Å²) in [4.78, 5) is 9.19. The number of nitrogens with zero attached hydrogens (tertiary/aromatic N) is 3. The van der Waals surface area contributed by atoms with Gasteiger partial charge in [-0.15, -0.1) is 0 Å². The van der Waals surface area contributed by atoms with Crippen molar-refractivity contribution in [2.75, 3.05) is 6.54 Å². The van der Waals surface area contributed by atoms with Crippen molar-refractivity contribution in [1.29, 1.82) is 0 Å². The van der Waals surface area contributed by atoms with Crippen molar-refractivity contribution in [3.63, 3.8) is 0 Å². The third kappa shape index (κ3) is 5.71. The highest BCUT2D eigenvalue weighted by Crippen LogP contribution is 2.06. The molecule has 0 amide bonds. The fraction of sp³-hybridized carbons (Fsp3) is 0.273. The lowest BCUT2D eigenvalue weighted by molar-refractivity contribution is 0.688. The molecule has 0 fully saturated rings. The fourth-order valence-electron chi connectivity index (χ4n) is 2.92. The average molecular weight is 361 g/mol. The van der Waals surface area contributed by atoms with E-state index in [-0.39, 0.29) is 0 Å². The summed E-state index contributed by atoms with van der Waals surface area (Å²) in [5.74, 6) is 1.79. The number of hydrogen-bond acceptors (Lipinski definition) is 2. The normalized spacial score (nSPS) is 11.4. The van der Waals surface area contributed by atoms with E-state index in [1.165, 1.54) is 16.7 Å². The zero-order valence-electron chi connectivity index (χ0n) is 16.0. The van der Waals surface area contributed by atoms with Gasteiger partial charge in [-0.3, -0.25) is 0 Å². The van der Waals surface area contributed by atoms with E-state index >= 15 is 0 Å². The van der Waals surface area contributed by atoms with E-state index in [1.54, 1.807) is 0 Å². The molecule has 0 spiro atoms. The minimum absolute atomic E-state index is 0.624. The topological polar surface area (TPSA) is 54.2 Å². The standard InChI is InChI=1S/C22H27N5/c1-3-23-22(25-15-20-11-7-8-18(2)14-20)26-16-21-24-12-13-27(21)17-19-9-5-4-6-10-19/h4-14H,3,15-17H2,1-2H3,(H2,23,25,26). The molecule has 2 N–H and O–H groups in total. The highest BCUT2D eigenvalue weighted by Gasteiger charge is 2.05. The molecule has 0 saturated heterocycles. The Morgan fingerprint density at radius 2 is 1.85 bits per heavy atom. The second-order valence-electron chi connectivity index (χ2n) is 6.49. The number of imidazole rings is 1. The highest BCUT2D eigenvalue weighted by molar-refractivity contribution is 5.79. The third-order valence-electron chi connectivity index (χ3n) is 4.26. The Hall–Kier alpha value is -3.08. The average Bonchev–Trinajstić information content (AvgIpc) is 3.12. The molecule has 5 nitrogen and oxygen atoms in total. The Labute approximate surface area is 161 Å². The lowest BCUT2D eigenvalue weighted by atomic mass is 10.1. The van der Waals surface area contributed by atoms with E-state index in [0.29, 0.717) is 13.1 Å². The molecule has 0 saturated carbocycles. The molecule has 1 aromatic heterocycles. The Bertz CT molecular complexity index is 867. The maximum atomic E-state index is 4.70. The van der Waals surface area contributed by atoms with E-state index in [1.807, 2.05) is 18.5 Å². The highest BCUT2D eigenvalue weighted by atomic mass is 15.2. The van der Waals surface area contributed by atoms with Gasteiger partial charge >= 0.3 is 0 Å². The number of rotatable bonds is 7. The van der Waals surface area contributed by atoms with Crippen LogP contribution < -0.4 is 10.6 Å². The van der Waals surface area contributed by atoms with Crippen molar-refractivity contribution in [2.45, 2.75) is 33.5 Å². The van der Waals surface area contributed by atoms with Crippen LogP contribution in [-0.2, 0) is 19.6 Å². The van der Waals surface area contributed by atoms with Crippen LogP contribution in [-0.4, -0.2) is 22.1 Å². The molecule has 0 aliphatic rings. The minimum Gasteiger partial charge on any atom is -0.357 e. The molecule has 0 atom stereocenters. The van der Waals surface area contributed by atoms with Crippen LogP contribution in [0.5, 0.6) is 0 Å². The summed E-state index contributed by atoms with van der Waals surface area (Å²) < 4.78 is 2.16. The summed E-state index contributed by atoms with van der Waals surface area (Å²) in [5.41, 5.74) is 3.72. The van der Waals surface area contributed by atoms with E-state index in [9.17, 15) is 0 Å². The molecule has 0 radical (unpaired) electrons. The van der Waals surface area contributed by atoms with Crippen LogP contribution in [0.4, 0.5) is 0 Å². The lowest BCUT2D eigenvalue weighted by Gasteiger charge is -2.13. The number of aliphatic imine (C=N–C) groups is 1. The molecular weight excluding hydrogens is 334 g/mol. The zero-order chi connectivity index (χ0) is 18.9. The van der Waals surface area contributed by atoms with Gasteiger partial charge in [0.15, 0.2) is 5.96 Å². The number of benzene rings is 2. The van der Waals surface area contributed by atoms with E-state index in [4.69, 9.17) is 4.99 Å². The largest absolute Gasteiger partial charge is 0.357 e. The van der Waals surface area contributed by atoms with Gasteiger partial charge in [-0.1, -0.05) is 60.2 Å². The van der Waals surface area contributed by atoms with Gasteiger partial charge in [0.2, 0.25) is 0 Å². The van der Waals surface area contributed by atoms with Crippen LogP contribution >= 0.6 is 0 Å². The smallest absolute Gasteiger partial charge is 0.191 e. The molecule has 0 bridgehead atoms. The molecular formula is C22H27N5. The molecule has 3 aromatic rings. The van der Waals surface area contributed by atoms with Gasteiger partial charge in [0.25, 0.3) is 0 Å². The third-order valence-corrected chi connectivity index (χ3v) is 4.26. The fourth-order valence-corrected chi connectivity index (χ4v) is 2.92. The maximum Gasteiger partial charge on any atom is 0.191 e. The van der Waals surface area contributed by atoms with Crippen LogP contribution in [0, 0.1) is 6.92 Å². The molecule has 3 rings (SSSR count). The molecule has 1 heterocycles. The molecule has 0 unspecified atom stereocenters. The summed E-state index contributed by atoms with van der Waals surface area (Å²) in [7, 11) is 0. The molecule has 0 aliphatic heterocycles. The van der Waals surface area contributed by atoms with Gasteiger partial charge in [0.05, 0.1) is 13.1 Å². The first-order valence-corrected chi connectivity index (χ1v) is 9.36. The van der Waals surface area contributed by atoms with E-state index in [2.05, 4.69) is 82.6 Å². The van der Waals surface area contributed by atoms with E-state index in [0.717, 1.165) is 24.9 Å². The SMILES string of the molecule is CCNC(=NCc1cccc(C)c1)NCc1nccn1Cc1ccccc1. The predicted octanol–water partition coefficient (Wildman–Crippen LogP) is 3.50. The van der Waals surface area contributed by atoms with Gasteiger partial charge in [0, 0.05) is 25.5 Å². The Kier molecular flexibility index (Phi) is 6.63. The van der Waals surface area contributed by atoms with Gasteiger partial charge in [0.1, 0.15) is 5.82 Å². The number of aromatic nitrogens is 2. The lowest BCUT2D eigenvalue weighted by Crippen LogP contribution is -2.37. The van der Waals surface area contributed by atoms with Crippen molar-refractivity contribution >= 4 is 5.96 Å². The predicted molar refractivity (Wildman–Crippen MR) is 111 cm³/mol. The Morgan fingerprint density at radius 3 is 2.63 bits per heavy atom. The number of aryl methyl sites for hydroxylation is 1. The second kappa shape index (κ2) is 9.57. The van der Waals surface area contributed by atoms with Crippen LogP contribution in [0.25, 0.3) is 0 Å². The Morgan fingerprint density at radius 1 is 1.04 bits per heavy atom. The quantitative estimate of drug-likeness (QED) is 0.500. The van der Waals surface area contributed by atoms with Crippen LogP contribution in [0.1, 0.15) is 29.4 Å². The summed E-state index contributed by atoms with van der Waals surface area (Å²) in [5, 5.41) is 6.69. The summed E-state index contributed by atoms with van der Waals surface area (Å²) in [6.45, 7) is 7.07. The second-order valence-corrected chi connectivity index (χ2v) is 6.49. The molecule has 0 aliphatic carbocycles. The van der Waals surface area contributed by atoms with Crippen molar-refractivity contribution in [2.24, 2.45) is 4.99 Å². The van der Waals surface area contributed by atoms with Gasteiger partial charge in [-0.05, 0) is 25.0 Å². The zero-order valence-corrected chi connectivity index (χ0v) is 16.0. The first-order valence-electron chi connectivity index (χ1n) is 9.36. The molecule has 140 valence electrons. The van der Waals surface area contributed by atoms with Crippen molar-refractivity contribution < 1.29 is 0 Å². The summed E-state index contributed by atoms with van der Waals surface area (Å²) in [6.07, 6.45) is 3.86. The van der Waals surface area contributed by atoms with Gasteiger partial charge < -0.3 is 15.2 Å². The molecule has 27 heavy (non-hydrogen) atoms. The number of hydrogen-bond donors (Lipinski definition) is 2. The maximum absolute atomic E-state index is 4.70. The number of nitrogens with one attached hydrogen (secondary N) is 2. The van der Waals surface area contributed by atoms with Crippen LogP contribution in [0.15, 0.2) is 72.0 Å². The summed E-state index contributed by atoms with van der Waals surface area (Å²) >= 11 is 0. The first-order chi connectivity index (χ1) is 13.2. The summed E-state index contributed by atoms with van der Waals surface area (Å²) in [6, 6.07) is 18.9. The first kappa shape index (κ1) is 18.7. The minimum atomic E-state index is 0.624. The Balaban J connectivity index is 1.63. The monoisotopic (exact) mass is 361 g/mol. The molecule has 2 aromatic carbocycles. The van der Waals surface area contributed by atoms with Crippen molar-refractivity contribution in [3.05, 3.63) is 89.5 Å². The van der Waals surface area contributed by atoms with Gasteiger partial charge in [-0.25, -0.2) is 9.98 Å². The van der Waals surface area contributed by atoms with Crippen LogP contribution in [0.3, 0.4) is 0 Å².